The van der Waals surface area contributed by atoms with Gasteiger partial charge in [-0.3, -0.25) is 9.59 Å². The number of benzene rings is 4. The molecule has 0 aliphatic carbocycles. The summed E-state index contributed by atoms with van der Waals surface area (Å²) in [4.78, 5) is 38.4. The highest BCUT2D eigenvalue weighted by Gasteiger charge is 2.19. The van der Waals surface area contributed by atoms with Gasteiger partial charge in [-0.1, -0.05) is 67.6 Å². The number of ether oxygens (including phenoxy) is 3. The van der Waals surface area contributed by atoms with E-state index in [0.29, 0.717) is 22.9 Å². The minimum atomic E-state index is -0.516. The van der Waals surface area contributed by atoms with Crippen molar-refractivity contribution >= 4 is 29.1 Å². The number of ketones is 1. The van der Waals surface area contributed by atoms with Crippen molar-refractivity contribution in [1.29, 1.82) is 0 Å². The first kappa shape index (κ1) is 29.7. The quantitative estimate of drug-likeness (QED) is 0.175. The van der Waals surface area contributed by atoms with Crippen LogP contribution < -0.4 is 30.2 Å². The van der Waals surface area contributed by atoms with Gasteiger partial charge in [0, 0.05) is 23.9 Å². The second kappa shape index (κ2) is 14.4. The van der Waals surface area contributed by atoms with Crippen LogP contribution in [-0.2, 0) is 4.79 Å². The number of rotatable bonds is 12. The van der Waals surface area contributed by atoms with Crippen LogP contribution in [0.4, 0.5) is 16.2 Å². The van der Waals surface area contributed by atoms with Gasteiger partial charge in [0.2, 0.25) is 0 Å². The molecule has 4 rings (SSSR count). The number of hydrogen-bond donors (Lipinski definition) is 3. The SMILES string of the molecule is CCC(=O)c1cc(NC(=O)Nc2ccc(OC)c(OC)c2)ccc1OCC(=O)NC(c1ccccc1)c1ccccc1. The summed E-state index contributed by atoms with van der Waals surface area (Å²) in [7, 11) is 3.03. The van der Waals surface area contributed by atoms with Crippen molar-refractivity contribution in [2.24, 2.45) is 0 Å². The summed E-state index contributed by atoms with van der Waals surface area (Å²) in [5.41, 5.74) is 3.00. The van der Waals surface area contributed by atoms with Gasteiger partial charge in [0.15, 0.2) is 23.9 Å². The van der Waals surface area contributed by atoms with Crippen LogP contribution in [0.1, 0.15) is 40.9 Å². The first-order valence-corrected chi connectivity index (χ1v) is 13.4. The largest absolute Gasteiger partial charge is 0.493 e. The van der Waals surface area contributed by atoms with E-state index < -0.39 is 6.03 Å². The van der Waals surface area contributed by atoms with Crippen molar-refractivity contribution in [2.45, 2.75) is 19.4 Å². The molecular weight excluding hydrogens is 534 g/mol. The summed E-state index contributed by atoms with van der Waals surface area (Å²) in [6.45, 7) is 1.43. The van der Waals surface area contributed by atoms with Crippen molar-refractivity contribution in [2.75, 3.05) is 31.5 Å². The van der Waals surface area contributed by atoms with Crippen LogP contribution in [0.3, 0.4) is 0 Å². The summed E-state index contributed by atoms with van der Waals surface area (Å²) in [6, 6.07) is 28.1. The van der Waals surface area contributed by atoms with Gasteiger partial charge in [0.1, 0.15) is 5.75 Å². The maximum Gasteiger partial charge on any atom is 0.323 e. The fourth-order valence-electron chi connectivity index (χ4n) is 4.35. The predicted molar refractivity (Wildman–Crippen MR) is 162 cm³/mol. The molecule has 216 valence electrons. The third-order valence-corrected chi connectivity index (χ3v) is 6.43. The second-order valence-electron chi connectivity index (χ2n) is 9.25. The molecule has 0 saturated heterocycles. The average molecular weight is 568 g/mol. The van der Waals surface area contributed by atoms with Crippen molar-refractivity contribution < 1.29 is 28.6 Å². The first-order valence-electron chi connectivity index (χ1n) is 13.4. The monoisotopic (exact) mass is 567 g/mol. The molecule has 0 unspecified atom stereocenters. The van der Waals surface area contributed by atoms with Crippen molar-refractivity contribution in [3.8, 4) is 17.2 Å². The van der Waals surface area contributed by atoms with Gasteiger partial charge in [-0.25, -0.2) is 4.79 Å². The van der Waals surface area contributed by atoms with E-state index in [1.54, 1.807) is 37.3 Å². The molecule has 0 saturated carbocycles. The van der Waals surface area contributed by atoms with Gasteiger partial charge in [-0.2, -0.15) is 0 Å². The lowest BCUT2D eigenvalue weighted by Crippen LogP contribution is -2.33. The van der Waals surface area contributed by atoms with E-state index in [4.69, 9.17) is 14.2 Å². The Bertz CT molecular complexity index is 1490. The van der Waals surface area contributed by atoms with Crippen LogP contribution in [0.25, 0.3) is 0 Å². The lowest BCUT2D eigenvalue weighted by molar-refractivity contribution is -0.123. The number of amides is 3. The molecule has 0 fully saturated rings. The molecule has 0 atom stereocenters. The molecule has 9 heteroatoms. The summed E-state index contributed by atoms with van der Waals surface area (Å²) in [5, 5.41) is 8.47. The Hall–Kier alpha value is -5.31. The van der Waals surface area contributed by atoms with Crippen LogP contribution in [0, 0.1) is 0 Å². The maximum absolute atomic E-state index is 13.0. The highest BCUT2D eigenvalue weighted by Crippen LogP contribution is 2.30. The van der Waals surface area contributed by atoms with Crippen LogP contribution in [0.15, 0.2) is 97.1 Å². The smallest absolute Gasteiger partial charge is 0.323 e. The minimum absolute atomic E-state index is 0.194. The molecule has 0 aromatic heterocycles. The second-order valence-corrected chi connectivity index (χ2v) is 9.25. The van der Waals surface area contributed by atoms with Crippen molar-refractivity contribution in [3.63, 3.8) is 0 Å². The lowest BCUT2D eigenvalue weighted by atomic mass is 9.99. The number of methoxy groups -OCH3 is 2. The Labute approximate surface area is 244 Å². The van der Waals surface area contributed by atoms with E-state index in [1.165, 1.54) is 20.3 Å². The predicted octanol–water partition coefficient (Wildman–Crippen LogP) is 6.23. The van der Waals surface area contributed by atoms with Gasteiger partial charge < -0.3 is 30.2 Å². The van der Waals surface area contributed by atoms with E-state index in [2.05, 4.69) is 16.0 Å². The number of hydrogen-bond acceptors (Lipinski definition) is 6. The number of Topliss-reactive ketones (excluding diaryl/α,β-unsaturated/α-hetero) is 1. The summed E-state index contributed by atoms with van der Waals surface area (Å²) >= 11 is 0. The first-order chi connectivity index (χ1) is 20.4. The topological polar surface area (TPSA) is 115 Å². The Morgan fingerprint density at radius 2 is 1.24 bits per heavy atom. The van der Waals surface area contributed by atoms with Crippen LogP contribution in [0.5, 0.6) is 17.2 Å². The highest BCUT2D eigenvalue weighted by molar-refractivity contribution is 6.03. The molecule has 3 N–H and O–H groups in total. The fourth-order valence-corrected chi connectivity index (χ4v) is 4.35. The summed E-state index contributed by atoms with van der Waals surface area (Å²) < 4.78 is 16.3. The fraction of sp³-hybridized carbons (Fsp3) is 0.182. The summed E-state index contributed by atoms with van der Waals surface area (Å²) in [5.74, 6) is 0.709. The molecule has 4 aromatic carbocycles. The minimum Gasteiger partial charge on any atom is -0.493 e. The van der Waals surface area contributed by atoms with Gasteiger partial charge in [0.25, 0.3) is 5.91 Å². The number of carbonyl (C=O) groups is 3. The Morgan fingerprint density at radius 3 is 1.79 bits per heavy atom. The molecule has 0 radical (unpaired) electrons. The molecule has 0 aliphatic rings. The van der Waals surface area contributed by atoms with E-state index >= 15 is 0 Å². The molecule has 9 nitrogen and oxygen atoms in total. The lowest BCUT2D eigenvalue weighted by Gasteiger charge is -2.20. The number of urea groups is 1. The molecule has 0 heterocycles. The molecule has 4 aromatic rings. The molecule has 3 amide bonds. The normalized spacial score (nSPS) is 10.5. The summed E-state index contributed by atoms with van der Waals surface area (Å²) in [6.07, 6.45) is 0.216. The molecule has 0 bridgehead atoms. The zero-order valence-corrected chi connectivity index (χ0v) is 23.7. The molecule has 0 aliphatic heterocycles. The Morgan fingerprint density at radius 1 is 0.690 bits per heavy atom. The number of carbonyl (C=O) groups excluding carboxylic acids is 3. The zero-order chi connectivity index (χ0) is 29.9. The van der Waals surface area contributed by atoms with E-state index in [9.17, 15) is 14.4 Å². The van der Waals surface area contributed by atoms with E-state index in [0.717, 1.165) is 11.1 Å². The molecule has 42 heavy (non-hydrogen) atoms. The number of nitrogens with one attached hydrogen (secondary N) is 3. The van der Waals surface area contributed by atoms with E-state index in [1.807, 2.05) is 60.7 Å². The van der Waals surface area contributed by atoms with Crippen LogP contribution >= 0.6 is 0 Å². The van der Waals surface area contributed by atoms with Gasteiger partial charge >= 0.3 is 6.03 Å². The van der Waals surface area contributed by atoms with Gasteiger partial charge in [-0.15, -0.1) is 0 Å². The van der Waals surface area contributed by atoms with Crippen molar-refractivity contribution in [1.82, 2.24) is 5.32 Å². The number of anilines is 2. The standard InChI is InChI=1S/C33H33N3O6/c1-4-27(37)26-19-24(34-33(39)35-25-16-18-29(40-2)30(20-25)41-3)15-17-28(26)42-21-31(38)36-32(22-11-7-5-8-12-22)23-13-9-6-10-14-23/h5-20,32H,4,21H2,1-3H3,(H,36,38)(H2,34,35,39). The van der Waals surface area contributed by atoms with Crippen LogP contribution in [-0.4, -0.2) is 38.5 Å². The van der Waals surface area contributed by atoms with Gasteiger partial charge in [-0.05, 0) is 41.5 Å². The highest BCUT2D eigenvalue weighted by atomic mass is 16.5. The van der Waals surface area contributed by atoms with Gasteiger partial charge in [0.05, 0.1) is 25.8 Å². The Balaban J connectivity index is 1.44. The third kappa shape index (κ3) is 7.66. The van der Waals surface area contributed by atoms with Crippen molar-refractivity contribution in [3.05, 3.63) is 114 Å². The van der Waals surface area contributed by atoms with E-state index in [-0.39, 0.29) is 42.1 Å². The Kier molecular flexibility index (Phi) is 10.1. The maximum atomic E-state index is 13.0. The third-order valence-electron chi connectivity index (χ3n) is 6.43. The molecule has 0 spiro atoms. The van der Waals surface area contributed by atoms with Crippen LogP contribution in [0.2, 0.25) is 0 Å². The molecular formula is C33H33N3O6. The zero-order valence-electron chi connectivity index (χ0n) is 23.7. The average Bonchev–Trinajstić information content (AvgIpc) is 3.03.